The van der Waals surface area contributed by atoms with E-state index >= 15 is 0 Å². The number of carbonyl (C=O) groups is 1. The smallest absolute Gasteiger partial charge is 0.244 e. The highest BCUT2D eigenvalue weighted by molar-refractivity contribution is 9.10. The normalized spacial score (nSPS) is 17.4. The average Bonchev–Trinajstić information content (AvgIpc) is 2.71. The monoisotopic (exact) mass is 342 g/mol. The molecular formula is C15H20BrFN2O. The maximum Gasteiger partial charge on any atom is 0.244 e. The quantitative estimate of drug-likeness (QED) is 0.906. The van der Waals surface area contributed by atoms with Gasteiger partial charge in [-0.25, -0.2) is 4.39 Å². The van der Waals surface area contributed by atoms with Gasteiger partial charge in [-0.3, -0.25) is 4.79 Å². The molecule has 1 fully saturated rings. The lowest BCUT2D eigenvalue weighted by atomic mass is 10.2. The summed E-state index contributed by atoms with van der Waals surface area (Å²) in [5.74, 6) is -0.236. The van der Waals surface area contributed by atoms with Gasteiger partial charge >= 0.3 is 0 Å². The first-order valence-electron chi connectivity index (χ1n) is 7.08. The van der Waals surface area contributed by atoms with Crippen molar-refractivity contribution in [2.24, 2.45) is 0 Å². The van der Waals surface area contributed by atoms with Gasteiger partial charge in [-0.2, -0.15) is 0 Å². The molecule has 5 heteroatoms. The molecule has 1 heterocycles. The van der Waals surface area contributed by atoms with Crippen molar-refractivity contribution in [1.29, 1.82) is 0 Å². The zero-order valence-electron chi connectivity index (χ0n) is 11.7. The molecule has 0 aliphatic carbocycles. The lowest BCUT2D eigenvalue weighted by molar-refractivity contribution is -0.131. The topological polar surface area (TPSA) is 32.3 Å². The third-order valence-electron chi connectivity index (χ3n) is 3.59. The summed E-state index contributed by atoms with van der Waals surface area (Å²) in [7, 11) is 0. The minimum Gasteiger partial charge on any atom is -0.374 e. The van der Waals surface area contributed by atoms with E-state index in [0.717, 1.165) is 25.9 Å². The van der Waals surface area contributed by atoms with Crippen molar-refractivity contribution in [2.75, 3.05) is 18.4 Å². The van der Waals surface area contributed by atoms with E-state index < -0.39 is 0 Å². The molecule has 0 saturated carbocycles. The van der Waals surface area contributed by atoms with E-state index in [0.29, 0.717) is 10.2 Å². The molecule has 0 spiro atoms. The number of halogens is 2. The van der Waals surface area contributed by atoms with Crippen LogP contribution in [0.1, 0.15) is 32.6 Å². The largest absolute Gasteiger partial charge is 0.374 e. The standard InChI is InChI=1S/C15H20BrFN2O/c1-11(15(20)19-8-4-2-3-5-9-19)18-12-6-7-13(16)14(17)10-12/h6-7,10-11,18H,2-5,8-9H2,1H3. The van der Waals surface area contributed by atoms with Crippen LogP contribution in [0.15, 0.2) is 22.7 Å². The highest BCUT2D eigenvalue weighted by Crippen LogP contribution is 2.20. The van der Waals surface area contributed by atoms with Crippen LogP contribution >= 0.6 is 15.9 Å². The molecule has 1 aromatic rings. The molecule has 20 heavy (non-hydrogen) atoms. The van der Waals surface area contributed by atoms with E-state index in [1.807, 2.05) is 11.8 Å². The third-order valence-corrected chi connectivity index (χ3v) is 4.23. The highest BCUT2D eigenvalue weighted by atomic mass is 79.9. The van der Waals surface area contributed by atoms with E-state index in [4.69, 9.17) is 0 Å². The summed E-state index contributed by atoms with van der Waals surface area (Å²) in [6.45, 7) is 3.49. The van der Waals surface area contributed by atoms with Crippen molar-refractivity contribution in [3.05, 3.63) is 28.5 Å². The summed E-state index contributed by atoms with van der Waals surface area (Å²) in [5, 5.41) is 3.08. The van der Waals surface area contributed by atoms with Gasteiger partial charge in [-0.15, -0.1) is 0 Å². The zero-order chi connectivity index (χ0) is 14.5. The van der Waals surface area contributed by atoms with Crippen LogP contribution in [0.2, 0.25) is 0 Å². The Morgan fingerprint density at radius 3 is 2.55 bits per heavy atom. The van der Waals surface area contributed by atoms with Crippen LogP contribution in [0.25, 0.3) is 0 Å². The maximum atomic E-state index is 13.5. The summed E-state index contributed by atoms with van der Waals surface area (Å²) >= 11 is 3.12. The molecule has 110 valence electrons. The molecule has 1 unspecified atom stereocenters. The molecule has 0 aromatic heterocycles. The fourth-order valence-electron chi connectivity index (χ4n) is 2.46. The SMILES string of the molecule is CC(Nc1ccc(Br)c(F)c1)C(=O)N1CCCCCC1. The van der Waals surface area contributed by atoms with Gasteiger partial charge in [0.2, 0.25) is 5.91 Å². The summed E-state index contributed by atoms with van der Waals surface area (Å²) in [5.41, 5.74) is 0.626. The first-order valence-corrected chi connectivity index (χ1v) is 7.87. The summed E-state index contributed by atoms with van der Waals surface area (Å²) in [4.78, 5) is 14.3. The molecule has 1 aliphatic heterocycles. The van der Waals surface area contributed by atoms with Crippen LogP contribution in [0, 0.1) is 5.82 Å². The van der Waals surface area contributed by atoms with Gasteiger partial charge in [0.25, 0.3) is 0 Å². The third kappa shape index (κ3) is 3.95. The lowest BCUT2D eigenvalue weighted by Crippen LogP contribution is -2.41. The number of anilines is 1. The minimum absolute atomic E-state index is 0.0928. The van der Waals surface area contributed by atoms with Crippen LogP contribution in [0.5, 0.6) is 0 Å². The van der Waals surface area contributed by atoms with Gasteiger partial charge in [0.05, 0.1) is 4.47 Å². The Balaban J connectivity index is 1.97. The molecule has 1 saturated heterocycles. The van der Waals surface area contributed by atoms with Crippen molar-refractivity contribution < 1.29 is 9.18 Å². The van der Waals surface area contributed by atoms with E-state index in [2.05, 4.69) is 21.2 Å². The number of amides is 1. The summed E-state index contributed by atoms with van der Waals surface area (Å²) < 4.78 is 13.9. The Labute approximate surface area is 127 Å². The number of nitrogens with one attached hydrogen (secondary N) is 1. The molecule has 1 N–H and O–H groups in total. The van der Waals surface area contributed by atoms with Crippen molar-refractivity contribution in [3.8, 4) is 0 Å². The number of hydrogen-bond acceptors (Lipinski definition) is 2. The molecule has 0 bridgehead atoms. The molecule has 1 aromatic carbocycles. The lowest BCUT2D eigenvalue weighted by Gasteiger charge is -2.25. The van der Waals surface area contributed by atoms with Crippen LogP contribution in [-0.4, -0.2) is 29.9 Å². The van der Waals surface area contributed by atoms with E-state index in [1.54, 1.807) is 12.1 Å². The van der Waals surface area contributed by atoms with Gasteiger partial charge in [0.1, 0.15) is 11.9 Å². The van der Waals surface area contributed by atoms with Crippen molar-refractivity contribution >= 4 is 27.5 Å². The van der Waals surface area contributed by atoms with Crippen LogP contribution < -0.4 is 5.32 Å². The Morgan fingerprint density at radius 1 is 1.30 bits per heavy atom. The molecule has 0 radical (unpaired) electrons. The number of hydrogen-bond donors (Lipinski definition) is 1. The molecule has 1 aliphatic rings. The molecule has 1 amide bonds. The predicted molar refractivity (Wildman–Crippen MR) is 82.2 cm³/mol. The van der Waals surface area contributed by atoms with Crippen molar-refractivity contribution in [3.63, 3.8) is 0 Å². The number of nitrogens with zero attached hydrogens (tertiary/aromatic N) is 1. The molecular weight excluding hydrogens is 323 g/mol. The second-order valence-electron chi connectivity index (χ2n) is 5.23. The van der Waals surface area contributed by atoms with Gasteiger partial charge < -0.3 is 10.2 Å². The van der Waals surface area contributed by atoms with Crippen molar-refractivity contribution in [2.45, 2.75) is 38.6 Å². The van der Waals surface area contributed by atoms with Crippen LogP contribution in [0.3, 0.4) is 0 Å². The second kappa shape index (κ2) is 7.07. The maximum absolute atomic E-state index is 13.5. The fraction of sp³-hybridized carbons (Fsp3) is 0.533. The highest BCUT2D eigenvalue weighted by Gasteiger charge is 2.21. The van der Waals surface area contributed by atoms with E-state index in [-0.39, 0.29) is 17.8 Å². The molecule has 2 rings (SSSR count). The van der Waals surface area contributed by atoms with Gasteiger partial charge in [0, 0.05) is 18.8 Å². The van der Waals surface area contributed by atoms with Gasteiger partial charge in [0.15, 0.2) is 0 Å². The first kappa shape index (κ1) is 15.3. The predicted octanol–water partition coefficient (Wildman–Crippen LogP) is 3.79. The fourth-order valence-corrected chi connectivity index (χ4v) is 2.71. The number of likely N-dealkylation sites (tertiary alicyclic amines) is 1. The number of carbonyl (C=O) groups excluding carboxylic acids is 1. The Hall–Kier alpha value is -1.10. The van der Waals surface area contributed by atoms with Crippen LogP contribution in [-0.2, 0) is 4.79 Å². The van der Waals surface area contributed by atoms with Gasteiger partial charge in [-0.1, -0.05) is 12.8 Å². The van der Waals surface area contributed by atoms with Crippen LogP contribution in [0.4, 0.5) is 10.1 Å². The zero-order valence-corrected chi connectivity index (χ0v) is 13.2. The molecule has 3 nitrogen and oxygen atoms in total. The first-order chi connectivity index (χ1) is 9.58. The van der Waals surface area contributed by atoms with E-state index in [1.165, 1.54) is 18.9 Å². The Bertz CT molecular complexity index is 473. The minimum atomic E-state index is -0.339. The average molecular weight is 343 g/mol. The number of benzene rings is 1. The number of rotatable bonds is 3. The summed E-state index contributed by atoms with van der Waals surface area (Å²) in [6, 6.07) is 4.46. The molecule has 1 atom stereocenters. The van der Waals surface area contributed by atoms with E-state index in [9.17, 15) is 9.18 Å². The van der Waals surface area contributed by atoms with Gasteiger partial charge in [-0.05, 0) is 53.9 Å². The Morgan fingerprint density at radius 2 is 1.95 bits per heavy atom. The van der Waals surface area contributed by atoms with Crippen molar-refractivity contribution in [1.82, 2.24) is 4.90 Å². The summed E-state index contributed by atoms with van der Waals surface area (Å²) in [6.07, 6.45) is 4.55. The Kier molecular flexibility index (Phi) is 5.40. The second-order valence-corrected chi connectivity index (χ2v) is 6.09.